The third-order valence-electron chi connectivity index (χ3n) is 4.42. The number of halogens is 1. The number of hydrogen-bond acceptors (Lipinski definition) is 5. The molecule has 0 bridgehead atoms. The minimum atomic E-state index is -0.240. The predicted octanol–water partition coefficient (Wildman–Crippen LogP) is 4.73. The van der Waals surface area contributed by atoms with Gasteiger partial charge in [0.25, 0.3) is 5.91 Å². The number of rotatable bonds is 6. The number of fused-ring (bicyclic) bond motifs is 1. The average Bonchev–Trinajstić information content (AvgIpc) is 3.20. The molecule has 0 fully saturated rings. The van der Waals surface area contributed by atoms with Gasteiger partial charge in [0.1, 0.15) is 12.0 Å². The Kier molecular flexibility index (Phi) is 5.44. The molecular weight excluding hydrogens is 390 g/mol. The summed E-state index contributed by atoms with van der Waals surface area (Å²) in [6.45, 7) is 0.537. The zero-order chi connectivity index (χ0) is 20.2. The number of carbonyl (C=O) groups is 1. The standard InChI is InChI=1S/C22H18ClN3O3/c1-26(12-15-4-2-6-17(23)10-15)22(27)19-13-29-21(25-19)14-28-20-7-3-5-16-11-24-9-8-18(16)20/h2-11,13H,12,14H2,1H3. The van der Waals surface area contributed by atoms with E-state index < -0.39 is 0 Å². The van der Waals surface area contributed by atoms with Crippen molar-refractivity contribution in [1.29, 1.82) is 0 Å². The number of aromatic nitrogens is 2. The highest BCUT2D eigenvalue weighted by atomic mass is 35.5. The maximum Gasteiger partial charge on any atom is 0.275 e. The first-order chi connectivity index (χ1) is 14.1. The van der Waals surface area contributed by atoms with Crippen LogP contribution < -0.4 is 4.74 Å². The van der Waals surface area contributed by atoms with E-state index in [9.17, 15) is 4.79 Å². The summed E-state index contributed by atoms with van der Waals surface area (Å²) in [4.78, 5) is 22.6. The summed E-state index contributed by atoms with van der Waals surface area (Å²) in [5, 5.41) is 2.57. The molecule has 0 unspecified atom stereocenters. The Morgan fingerprint density at radius 2 is 2.07 bits per heavy atom. The maximum absolute atomic E-state index is 12.6. The molecule has 0 aliphatic rings. The summed E-state index contributed by atoms with van der Waals surface area (Å²) < 4.78 is 11.3. The van der Waals surface area contributed by atoms with E-state index in [1.165, 1.54) is 6.26 Å². The Hall–Kier alpha value is -3.38. The van der Waals surface area contributed by atoms with Crippen LogP contribution in [0.2, 0.25) is 5.02 Å². The molecule has 0 radical (unpaired) electrons. The van der Waals surface area contributed by atoms with Crippen LogP contribution in [0.25, 0.3) is 10.8 Å². The van der Waals surface area contributed by atoms with Crippen LogP contribution in [0.3, 0.4) is 0 Å². The average molecular weight is 408 g/mol. The van der Waals surface area contributed by atoms with E-state index >= 15 is 0 Å². The van der Waals surface area contributed by atoms with E-state index in [0.717, 1.165) is 16.3 Å². The van der Waals surface area contributed by atoms with Crippen LogP contribution in [0.5, 0.6) is 5.75 Å². The largest absolute Gasteiger partial charge is 0.483 e. The molecule has 29 heavy (non-hydrogen) atoms. The minimum Gasteiger partial charge on any atom is -0.483 e. The van der Waals surface area contributed by atoms with Crippen molar-refractivity contribution in [1.82, 2.24) is 14.9 Å². The Morgan fingerprint density at radius 1 is 1.21 bits per heavy atom. The first-order valence-corrected chi connectivity index (χ1v) is 9.38. The smallest absolute Gasteiger partial charge is 0.275 e. The lowest BCUT2D eigenvalue weighted by atomic mass is 10.1. The molecule has 1 amide bonds. The zero-order valence-electron chi connectivity index (χ0n) is 15.7. The van der Waals surface area contributed by atoms with Crippen LogP contribution in [0, 0.1) is 0 Å². The second-order valence-corrected chi connectivity index (χ2v) is 7.00. The zero-order valence-corrected chi connectivity index (χ0v) is 16.5. The van der Waals surface area contributed by atoms with Crippen molar-refractivity contribution in [3.05, 3.63) is 89.4 Å². The summed E-state index contributed by atoms with van der Waals surface area (Å²) in [5.41, 5.74) is 1.17. The van der Waals surface area contributed by atoms with E-state index in [2.05, 4.69) is 9.97 Å². The van der Waals surface area contributed by atoms with Crippen molar-refractivity contribution >= 4 is 28.3 Å². The second kappa shape index (κ2) is 8.32. The molecule has 0 aliphatic carbocycles. The van der Waals surface area contributed by atoms with E-state index in [1.807, 2.05) is 42.5 Å². The van der Waals surface area contributed by atoms with Gasteiger partial charge in [-0.3, -0.25) is 9.78 Å². The van der Waals surface area contributed by atoms with Gasteiger partial charge >= 0.3 is 0 Å². The van der Waals surface area contributed by atoms with E-state index in [-0.39, 0.29) is 18.2 Å². The van der Waals surface area contributed by atoms with E-state index in [1.54, 1.807) is 30.4 Å². The van der Waals surface area contributed by atoms with Crippen LogP contribution >= 0.6 is 11.6 Å². The van der Waals surface area contributed by atoms with Gasteiger partial charge in [-0.1, -0.05) is 35.9 Å². The molecule has 2 heterocycles. The molecule has 0 saturated heterocycles. The fourth-order valence-corrected chi connectivity index (χ4v) is 3.22. The van der Waals surface area contributed by atoms with E-state index in [0.29, 0.717) is 23.2 Å². The highest BCUT2D eigenvalue weighted by Gasteiger charge is 2.17. The van der Waals surface area contributed by atoms with Gasteiger partial charge < -0.3 is 14.1 Å². The molecule has 2 aromatic carbocycles. The second-order valence-electron chi connectivity index (χ2n) is 6.56. The van der Waals surface area contributed by atoms with Gasteiger partial charge in [0.15, 0.2) is 12.3 Å². The number of ether oxygens (including phenoxy) is 1. The highest BCUT2D eigenvalue weighted by molar-refractivity contribution is 6.30. The van der Waals surface area contributed by atoms with Gasteiger partial charge in [-0.25, -0.2) is 4.98 Å². The van der Waals surface area contributed by atoms with Crippen molar-refractivity contribution < 1.29 is 13.9 Å². The molecule has 4 rings (SSSR count). The number of pyridine rings is 1. The molecule has 2 aromatic heterocycles. The van der Waals surface area contributed by atoms with Crippen LogP contribution in [0.4, 0.5) is 0 Å². The fraction of sp³-hybridized carbons (Fsp3) is 0.136. The lowest BCUT2D eigenvalue weighted by Gasteiger charge is -2.15. The van der Waals surface area contributed by atoms with Crippen molar-refractivity contribution in [3.8, 4) is 5.75 Å². The summed E-state index contributed by atoms with van der Waals surface area (Å²) in [5.74, 6) is 0.792. The summed E-state index contributed by atoms with van der Waals surface area (Å²) in [6.07, 6.45) is 4.84. The normalized spacial score (nSPS) is 10.8. The maximum atomic E-state index is 12.6. The Bertz CT molecular complexity index is 1150. The molecule has 4 aromatic rings. The molecule has 0 spiro atoms. The highest BCUT2D eigenvalue weighted by Crippen LogP contribution is 2.25. The molecule has 6 nitrogen and oxygen atoms in total. The van der Waals surface area contributed by atoms with Crippen LogP contribution in [-0.2, 0) is 13.2 Å². The van der Waals surface area contributed by atoms with Gasteiger partial charge in [0.05, 0.1) is 0 Å². The molecule has 7 heteroatoms. The van der Waals surface area contributed by atoms with Crippen molar-refractivity contribution in [2.24, 2.45) is 0 Å². The number of nitrogens with zero attached hydrogens (tertiary/aromatic N) is 3. The fourth-order valence-electron chi connectivity index (χ4n) is 3.01. The lowest BCUT2D eigenvalue weighted by Crippen LogP contribution is -2.26. The molecule has 0 aliphatic heterocycles. The van der Waals surface area contributed by atoms with Crippen LogP contribution in [0.15, 0.2) is 71.6 Å². The van der Waals surface area contributed by atoms with Crippen molar-refractivity contribution in [2.75, 3.05) is 7.05 Å². The van der Waals surface area contributed by atoms with Crippen LogP contribution in [-0.4, -0.2) is 27.8 Å². The molecule has 0 atom stereocenters. The first kappa shape index (κ1) is 19.0. The van der Waals surface area contributed by atoms with Gasteiger partial charge in [-0.2, -0.15) is 0 Å². The monoisotopic (exact) mass is 407 g/mol. The summed E-state index contributed by atoms with van der Waals surface area (Å²) in [6, 6.07) is 15.0. The Morgan fingerprint density at radius 3 is 2.93 bits per heavy atom. The molecule has 0 N–H and O–H groups in total. The van der Waals surface area contributed by atoms with Gasteiger partial charge in [0, 0.05) is 41.8 Å². The third-order valence-corrected chi connectivity index (χ3v) is 4.65. The molecule has 0 saturated carbocycles. The quantitative estimate of drug-likeness (QED) is 0.462. The Balaban J connectivity index is 1.42. The van der Waals surface area contributed by atoms with Gasteiger partial charge in [-0.05, 0) is 29.8 Å². The van der Waals surface area contributed by atoms with Crippen molar-refractivity contribution in [2.45, 2.75) is 13.2 Å². The number of benzene rings is 2. The molecule has 146 valence electrons. The van der Waals surface area contributed by atoms with Gasteiger partial charge in [0.2, 0.25) is 5.89 Å². The summed E-state index contributed by atoms with van der Waals surface area (Å²) in [7, 11) is 1.71. The third kappa shape index (κ3) is 4.38. The minimum absolute atomic E-state index is 0.118. The number of amides is 1. The predicted molar refractivity (Wildman–Crippen MR) is 110 cm³/mol. The van der Waals surface area contributed by atoms with Crippen molar-refractivity contribution in [3.63, 3.8) is 0 Å². The lowest BCUT2D eigenvalue weighted by molar-refractivity contribution is 0.0779. The number of hydrogen-bond donors (Lipinski definition) is 0. The first-order valence-electron chi connectivity index (χ1n) is 9.00. The topological polar surface area (TPSA) is 68.5 Å². The summed E-state index contributed by atoms with van der Waals surface area (Å²) >= 11 is 6.00. The Labute approximate surface area is 172 Å². The SMILES string of the molecule is CN(Cc1cccc(Cl)c1)C(=O)c1coc(COc2cccc3cnccc23)n1. The molecular formula is C22H18ClN3O3. The van der Waals surface area contributed by atoms with Gasteiger partial charge in [-0.15, -0.1) is 0 Å². The number of oxazole rings is 1. The van der Waals surface area contributed by atoms with E-state index in [4.69, 9.17) is 20.8 Å². The van der Waals surface area contributed by atoms with Crippen LogP contribution in [0.1, 0.15) is 21.9 Å². The number of carbonyl (C=O) groups excluding carboxylic acids is 1.